The Morgan fingerprint density at radius 3 is 2.54 bits per heavy atom. The minimum Gasteiger partial charge on any atom is -0.507 e. The minimum atomic E-state index is -0.873. The molecule has 4 aliphatic rings. The van der Waals surface area contributed by atoms with Gasteiger partial charge in [-0.2, -0.15) is 0 Å². The number of carboxylic acid groups (broad SMARTS) is 1. The maximum Gasteiger partial charge on any atom is 0.303 e. The average molecular weight is 554 g/mol. The first-order valence-corrected chi connectivity index (χ1v) is 14.2. The van der Waals surface area contributed by atoms with Crippen molar-refractivity contribution >= 4 is 40.1 Å². The van der Waals surface area contributed by atoms with Crippen molar-refractivity contribution in [2.24, 2.45) is 17.8 Å². The maximum absolute atomic E-state index is 13.8. The van der Waals surface area contributed by atoms with Crippen molar-refractivity contribution in [3.05, 3.63) is 76.4 Å². The third-order valence-corrected chi connectivity index (χ3v) is 9.17. The van der Waals surface area contributed by atoms with Gasteiger partial charge in [-0.05, 0) is 50.0 Å². The average Bonchev–Trinajstić information content (AvgIpc) is 3.20. The number of unbranched alkanes of at least 4 members (excludes halogenated alkanes) is 2. The van der Waals surface area contributed by atoms with Gasteiger partial charge in [0, 0.05) is 46.6 Å². The van der Waals surface area contributed by atoms with E-state index in [2.05, 4.69) is 0 Å². The molecule has 210 valence electrons. The first-order chi connectivity index (χ1) is 19.7. The van der Waals surface area contributed by atoms with Gasteiger partial charge in [0.2, 0.25) is 11.8 Å². The van der Waals surface area contributed by atoms with Gasteiger partial charge in [-0.15, -0.1) is 0 Å². The third kappa shape index (κ3) is 4.33. The Kier molecular flexibility index (Phi) is 6.72. The molecule has 0 saturated carbocycles. The summed E-state index contributed by atoms with van der Waals surface area (Å²) in [5, 5.41) is 21.8. The van der Waals surface area contributed by atoms with E-state index in [0.29, 0.717) is 53.4 Å². The van der Waals surface area contributed by atoms with E-state index in [1.165, 1.54) is 11.0 Å². The van der Waals surface area contributed by atoms with Crippen LogP contribution in [0.2, 0.25) is 0 Å². The molecule has 4 atom stereocenters. The number of allylic oxidation sites excluding steroid dienone is 6. The van der Waals surface area contributed by atoms with Crippen LogP contribution in [0.25, 0.3) is 10.8 Å². The highest BCUT2D eigenvalue weighted by Gasteiger charge is 2.56. The topological polar surface area (TPSA) is 129 Å². The quantitative estimate of drug-likeness (QED) is 0.222. The van der Waals surface area contributed by atoms with Gasteiger partial charge in [-0.25, -0.2) is 0 Å². The second kappa shape index (κ2) is 10.3. The van der Waals surface area contributed by atoms with Crippen LogP contribution in [0.3, 0.4) is 0 Å². The Bertz CT molecular complexity index is 1630. The summed E-state index contributed by atoms with van der Waals surface area (Å²) in [7, 11) is 0. The van der Waals surface area contributed by atoms with Crippen LogP contribution in [0.5, 0.6) is 5.75 Å². The first kappa shape index (κ1) is 26.9. The van der Waals surface area contributed by atoms with Crippen molar-refractivity contribution < 1.29 is 34.2 Å². The number of fused-ring (bicyclic) bond motifs is 4. The molecule has 1 heterocycles. The van der Waals surface area contributed by atoms with Crippen LogP contribution in [0.15, 0.2) is 70.8 Å². The third-order valence-electron chi connectivity index (χ3n) is 9.17. The van der Waals surface area contributed by atoms with E-state index in [1.54, 1.807) is 19.1 Å². The van der Waals surface area contributed by atoms with Gasteiger partial charge in [-0.1, -0.05) is 54.5 Å². The van der Waals surface area contributed by atoms with E-state index in [-0.39, 0.29) is 48.5 Å². The normalized spacial score (nSPS) is 25.6. The number of likely N-dealkylation sites (tertiary alicyclic amines) is 1. The van der Waals surface area contributed by atoms with Crippen LogP contribution >= 0.6 is 0 Å². The largest absolute Gasteiger partial charge is 0.507 e. The number of phenols is 1. The number of aromatic hydroxyl groups is 1. The summed E-state index contributed by atoms with van der Waals surface area (Å²) in [6, 6.07) is 11.1. The summed E-state index contributed by atoms with van der Waals surface area (Å²) < 4.78 is 0. The standard InChI is InChI=1S/C33H31NO7/c1-17-15-25(35)29-24(30(17)38)16-23-20(27(29)21-11-10-18-7-4-5-8-19(18)31(21)39)12-13-22-28(23)33(41)34(32(22)40)14-6-2-3-9-26(36)37/h4-5,7-8,10-12,15,22-23,27-28,39H,2-3,6,9,13-14,16H2,1H3,(H,36,37)/t22-,23+,27+,28-/m0/s1. The summed E-state index contributed by atoms with van der Waals surface area (Å²) in [5.74, 6) is -4.23. The summed E-state index contributed by atoms with van der Waals surface area (Å²) >= 11 is 0. The molecular formula is C33H31NO7. The minimum absolute atomic E-state index is 0.0342. The van der Waals surface area contributed by atoms with Gasteiger partial charge in [0.25, 0.3) is 0 Å². The second-order valence-corrected chi connectivity index (χ2v) is 11.5. The zero-order valence-electron chi connectivity index (χ0n) is 22.8. The fourth-order valence-corrected chi connectivity index (χ4v) is 7.25. The highest BCUT2D eigenvalue weighted by atomic mass is 16.4. The highest BCUT2D eigenvalue weighted by molar-refractivity contribution is 6.24. The maximum atomic E-state index is 13.8. The molecule has 0 radical (unpaired) electrons. The molecule has 41 heavy (non-hydrogen) atoms. The predicted molar refractivity (Wildman–Crippen MR) is 150 cm³/mol. The summed E-state index contributed by atoms with van der Waals surface area (Å²) in [4.78, 5) is 66.2. The van der Waals surface area contributed by atoms with Gasteiger partial charge in [-0.3, -0.25) is 28.9 Å². The molecule has 0 aromatic heterocycles. The number of carboxylic acids is 1. The highest BCUT2D eigenvalue weighted by Crippen LogP contribution is 2.56. The summed E-state index contributed by atoms with van der Waals surface area (Å²) in [6.07, 6.45) is 5.46. The van der Waals surface area contributed by atoms with E-state index in [9.17, 15) is 29.1 Å². The Morgan fingerprint density at radius 1 is 0.976 bits per heavy atom. The predicted octanol–water partition coefficient (Wildman–Crippen LogP) is 4.62. The molecule has 3 aliphatic carbocycles. The van der Waals surface area contributed by atoms with Crippen molar-refractivity contribution in [3.63, 3.8) is 0 Å². The molecule has 1 aliphatic heterocycles. The molecule has 6 rings (SSSR count). The summed E-state index contributed by atoms with van der Waals surface area (Å²) in [6.45, 7) is 1.84. The van der Waals surface area contributed by atoms with Crippen LogP contribution in [-0.2, 0) is 24.0 Å². The SMILES string of the molecule is CC1=CC(=O)C2=C(C[C@@H]3C(=CC[C@@H]4C(=O)N(CCCCCC(=O)O)C(=O)[C@@H]43)[C@@H]2c2ccc3ccccc3c2O)C1=O. The number of benzene rings is 2. The number of phenolic OH excluding ortho intramolecular Hbond substituents is 1. The summed E-state index contributed by atoms with van der Waals surface area (Å²) in [5.41, 5.74) is 2.36. The zero-order chi connectivity index (χ0) is 29.0. The lowest BCUT2D eigenvalue weighted by Crippen LogP contribution is -2.39. The first-order valence-electron chi connectivity index (χ1n) is 14.2. The Labute approximate surface area is 237 Å². The number of hydrogen-bond donors (Lipinski definition) is 2. The lowest BCUT2D eigenvalue weighted by Gasteiger charge is -2.42. The lowest BCUT2D eigenvalue weighted by atomic mass is 9.59. The number of imide groups is 1. The fourth-order valence-electron chi connectivity index (χ4n) is 7.25. The molecule has 2 amide bonds. The van der Waals surface area contributed by atoms with E-state index < -0.39 is 29.6 Å². The Hall–Kier alpha value is -4.33. The smallest absolute Gasteiger partial charge is 0.303 e. The van der Waals surface area contributed by atoms with Crippen molar-refractivity contribution in [3.8, 4) is 5.75 Å². The molecule has 0 bridgehead atoms. The number of rotatable bonds is 7. The molecule has 2 aromatic carbocycles. The van der Waals surface area contributed by atoms with E-state index >= 15 is 0 Å². The van der Waals surface area contributed by atoms with Crippen LogP contribution in [0.1, 0.15) is 56.9 Å². The molecule has 1 saturated heterocycles. The molecule has 8 heteroatoms. The second-order valence-electron chi connectivity index (χ2n) is 11.5. The van der Waals surface area contributed by atoms with Gasteiger partial charge in [0.1, 0.15) is 5.75 Å². The zero-order valence-corrected chi connectivity index (χ0v) is 22.8. The number of ketones is 2. The van der Waals surface area contributed by atoms with Crippen molar-refractivity contribution in [1.29, 1.82) is 0 Å². The van der Waals surface area contributed by atoms with E-state index in [4.69, 9.17) is 5.11 Å². The van der Waals surface area contributed by atoms with Crippen LogP contribution in [-0.4, -0.2) is 51.0 Å². The molecule has 1 fully saturated rings. The van der Waals surface area contributed by atoms with Crippen molar-refractivity contribution in [2.45, 2.75) is 51.4 Å². The number of carbonyl (C=O) groups is 5. The molecule has 2 N–H and O–H groups in total. The number of hydrogen-bond acceptors (Lipinski definition) is 6. The monoisotopic (exact) mass is 553 g/mol. The number of aliphatic carboxylic acids is 1. The number of Topliss-reactive ketones (excluding diaryl/α,β-unsaturated/α-hetero) is 1. The number of nitrogens with zero attached hydrogens (tertiary/aromatic N) is 1. The van der Waals surface area contributed by atoms with Gasteiger partial charge < -0.3 is 10.2 Å². The van der Waals surface area contributed by atoms with Crippen LogP contribution in [0, 0.1) is 17.8 Å². The van der Waals surface area contributed by atoms with E-state index in [1.807, 2.05) is 30.3 Å². The van der Waals surface area contributed by atoms with Gasteiger partial charge in [0.15, 0.2) is 11.6 Å². The lowest BCUT2D eigenvalue weighted by molar-refractivity contribution is -0.141. The van der Waals surface area contributed by atoms with Crippen molar-refractivity contribution in [2.75, 3.05) is 6.54 Å². The van der Waals surface area contributed by atoms with Gasteiger partial charge >= 0.3 is 5.97 Å². The molecule has 8 nitrogen and oxygen atoms in total. The molecule has 2 aromatic rings. The van der Waals surface area contributed by atoms with Crippen molar-refractivity contribution in [1.82, 2.24) is 4.90 Å². The fraction of sp³-hybridized carbons (Fsp3) is 0.364. The number of amides is 2. The molecule has 0 spiro atoms. The Morgan fingerprint density at radius 2 is 1.76 bits per heavy atom. The molecule has 0 unspecified atom stereocenters. The van der Waals surface area contributed by atoms with Crippen LogP contribution in [0.4, 0.5) is 0 Å². The molecular weight excluding hydrogens is 522 g/mol. The van der Waals surface area contributed by atoms with Gasteiger partial charge in [0.05, 0.1) is 11.8 Å². The van der Waals surface area contributed by atoms with Crippen LogP contribution < -0.4 is 0 Å². The van der Waals surface area contributed by atoms with E-state index in [0.717, 1.165) is 11.0 Å². The Balaban J connectivity index is 1.39. The number of carbonyl (C=O) groups excluding carboxylic acids is 4.